The van der Waals surface area contributed by atoms with Gasteiger partial charge in [0.25, 0.3) is 0 Å². The molecular weight excluding hydrogens is 164 g/mol. The summed E-state index contributed by atoms with van der Waals surface area (Å²) in [5.74, 6) is 1.58. The van der Waals surface area contributed by atoms with E-state index >= 15 is 0 Å². The van der Waals surface area contributed by atoms with Gasteiger partial charge in [-0.2, -0.15) is 0 Å². The van der Waals surface area contributed by atoms with Crippen molar-refractivity contribution in [2.45, 2.75) is 13.8 Å². The highest BCUT2D eigenvalue weighted by atomic mass is 16.6. The van der Waals surface area contributed by atoms with Gasteiger partial charge in [0.05, 0.1) is 0 Å². The Hall–Kier alpha value is -1.40. The van der Waals surface area contributed by atoms with Crippen molar-refractivity contribution in [3.63, 3.8) is 0 Å². The van der Waals surface area contributed by atoms with Crippen molar-refractivity contribution in [2.75, 3.05) is 13.2 Å². The van der Waals surface area contributed by atoms with Crippen LogP contribution in [-0.4, -0.2) is 13.2 Å². The Morgan fingerprint density at radius 2 is 1.85 bits per heavy atom. The lowest BCUT2D eigenvalue weighted by Gasteiger charge is -2.17. The van der Waals surface area contributed by atoms with E-state index in [0.717, 1.165) is 11.5 Å². The van der Waals surface area contributed by atoms with Crippen LogP contribution >= 0.6 is 0 Å². The first-order valence-electron chi connectivity index (χ1n) is 4.56. The van der Waals surface area contributed by atoms with E-state index in [1.165, 1.54) is 0 Å². The van der Waals surface area contributed by atoms with Crippen LogP contribution in [-0.2, 0) is 9.47 Å². The molecule has 0 amide bonds. The zero-order valence-electron chi connectivity index (χ0n) is 8.04. The summed E-state index contributed by atoms with van der Waals surface area (Å²) in [5.41, 5.74) is 2.95. The Morgan fingerprint density at radius 3 is 2.62 bits per heavy atom. The number of hydrogen-bond donors (Lipinski definition) is 0. The molecule has 0 N–H and O–H groups in total. The standard InChI is InChI=1S/C9H8O2.C2H6/c1-2-4-8-9(5-3-1)11-7-6-10-8;1-2/h1-2,4-5H,6-7H2;1-2H3. The molecule has 2 heteroatoms. The molecule has 0 aromatic heterocycles. The molecule has 1 aliphatic heterocycles. The van der Waals surface area contributed by atoms with Gasteiger partial charge in [0.15, 0.2) is 11.5 Å². The van der Waals surface area contributed by atoms with Crippen LogP contribution in [0.5, 0.6) is 0 Å². The monoisotopic (exact) mass is 178 g/mol. The molecule has 0 unspecified atom stereocenters. The van der Waals surface area contributed by atoms with Crippen molar-refractivity contribution in [3.8, 4) is 0 Å². The fourth-order valence-electron chi connectivity index (χ4n) is 1.00. The van der Waals surface area contributed by atoms with Gasteiger partial charge in [0, 0.05) is 6.08 Å². The highest BCUT2D eigenvalue weighted by Crippen LogP contribution is 2.16. The number of rotatable bonds is 0. The highest BCUT2D eigenvalue weighted by molar-refractivity contribution is 5.30. The molecule has 13 heavy (non-hydrogen) atoms. The SMILES string of the molecule is C1=CC=CC2=C(C=1)OCCO2.CC. The maximum absolute atomic E-state index is 5.34. The molecule has 2 aliphatic rings. The van der Waals surface area contributed by atoms with Crippen LogP contribution < -0.4 is 0 Å². The Kier molecular flexibility index (Phi) is 3.94. The second-order valence-corrected chi connectivity index (χ2v) is 2.26. The molecule has 0 aromatic rings. The average Bonchev–Trinajstić information content (AvgIpc) is 2.45. The zero-order valence-corrected chi connectivity index (χ0v) is 8.04. The Bertz CT molecular complexity index is 278. The van der Waals surface area contributed by atoms with Crippen LogP contribution in [0.4, 0.5) is 0 Å². The third-order valence-corrected chi connectivity index (χ3v) is 1.50. The molecule has 0 fully saturated rings. The molecule has 0 saturated heterocycles. The van der Waals surface area contributed by atoms with Crippen LogP contribution in [0.2, 0.25) is 0 Å². The largest absolute Gasteiger partial charge is 0.486 e. The fourth-order valence-corrected chi connectivity index (χ4v) is 1.00. The lowest BCUT2D eigenvalue weighted by molar-refractivity contribution is 0.0770. The molecule has 1 aliphatic carbocycles. The van der Waals surface area contributed by atoms with E-state index in [4.69, 9.17) is 9.47 Å². The van der Waals surface area contributed by atoms with Crippen LogP contribution in [0, 0.1) is 0 Å². The summed E-state index contributed by atoms with van der Waals surface area (Å²) < 4.78 is 10.7. The van der Waals surface area contributed by atoms with Crippen molar-refractivity contribution in [3.05, 3.63) is 41.6 Å². The van der Waals surface area contributed by atoms with Gasteiger partial charge in [-0.05, 0) is 12.2 Å². The van der Waals surface area contributed by atoms with E-state index in [2.05, 4.69) is 5.73 Å². The van der Waals surface area contributed by atoms with Gasteiger partial charge in [-0.3, -0.25) is 0 Å². The van der Waals surface area contributed by atoms with E-state index in [0.29, 0.717) is 13.2 Å². The molecule has 1 heterocycles. The molecule has 2 nitrogen and oxygen atoms in total. The Labute approximate surface area is 78.9 Å². The number of ether oxygens (including phenoxy) is 2. The van der Waals surface area contributed by atoms with Gasteiger partial charge >= 0.3 is 0 Å². The number of allylic oxidation sites excluding steroid dienone is 3. The lowest BCUT2D eigenvalue weighted by Crippen LogP contribution is -2.11. The van der Waals surface area contributed by atoms with Gasteiger partial charge in [0.2, 0.25) is 0 Å². The van der Waals surface area contributed by atoms with Crippen molar-refractivity contribution in [2.24, 2.45) is 0 Å². The quantitative estimate of drug-likeness (QED) is 0.531. The normalized spacial score (nSPS) is 17.7. The molecule has 2 rings (SSSR count). The summed E-state index contributed by atoms with van der Waals surface area (Å²) in [7, 11) is 0. The first-order chi connectivity index (χ1) is 6.47. The lowest BCUT2D eigenvalue weighted by atomic mass is 10.3. The predicted octanol–water partition coefficient (Wildman–Crippen LogP) is 2.55. The molecule has 70 valence electrons. The van der Waals surface area contributed by atoms with Crippen LogP contribution in [0.15, 0.2) is 41.6 Å². The minimum atomic E-state index is 0.630. The fraction of sp³-hybridized carbons (Fsp3) is 0.364. The zero-order chi connectivity index (χ0) is 9.52. The maximum Gasteiger partial charge on any atom is 0.169 e. The van der Waals surface area contributed by atoms with Crippen LogP contribution in [0.1, 0.15) is 13.8 Å². The molecule has 0 spiro atoms. The molecular formula is C11H14O2. The Morgan fingerprint density at radius 1 is 1.15 bits per heavy atom. The van der Waals surface area contributed by atoms with Crippen LogP contribution in [0.25, 0.3) is 0 Å². The second kappa shape index (κ2) is 5.28. The predicted molar refractivity (Wildman–Crippen MR) is 52.1 cm³/mol. The molecule has 0 radical (unpaired) electrons. The van der Waals surface area contributed by atoms with E-state index < -0.39 is 0 Å². The van der Waals surface area contributed by atoms with E-state index in [-0.39, 0.29) is 0 Å². The molecule has 0 aromatic carbocycles. The third kappa shape index (κ3) is 2.53. The van der Waals surface area contributed by atoms with E-state index in [9.17, 15) is 0 Å². The highest BCUT2D eigenvalue weighted by Gasteiger charge is 2.10. The van der Waals surface area contributed by atoms with Crippen LogP contribution in [0.3, 0.4) is 0 Å². The van der Waals surface area contributed by atoms with Crippen molar-refractivity contribution >= 4 is 0 Å². The average molecular weight is 178 g/mol. The maximum atomic E-state index is 5.34. The summed E-state index contributed by atoms with van der Waals surface area (Å²) in [6, 6.07) is 0. The van der Waals surface area contributed by atoms with Crippen molar-refractivity contribution in [1.29, 1.82) is 0 Å². The number of hydrogen-bond acceptors (Lipinski definition) is 2. The first kappa shape index (κ1) is 9.69. The smallest absolute Gasteiger partial charge is 0.169 e. The summed E-state index contributed by atoms with van der Waals surface area (Å²) >= 11 is 0. The minimum absolute atomic E-state index is 0.630. The van der Waals surface area contributed by atoms with Crippen molar-refractivity contribution < 1.29 is 9.47 Å². The van der Waals surface area contributed by atoms with E-state index in [1.807, 2.05) is 32.1 Å². The third-order valence-electron chi connectivity index (χ3n) is 1.50. The van der Waals surface area contributed by atoms with Gasteiger partial charge in [-0.1, -0.05) is 19.9 Å². The van der Waals surface area contributed by atoms with Crippen molar-refractivity contribution in [1.82, 2.24) is 0 Å². The molecule has 0 bridgehead atoms. The first-order valence-corrected chi connectivity index (χ1v) is 4.56. The molecule has 0 atom stereocenters. The topological polar surface area (TPSA) is 18.5 Å². The van der Waals surface area contributed by atoms with Gasteiger partial charge in [-0.25, -0.2) is 0 Å². The van der Waals surface area contributed by atoms with Gasteiger partial charge in [0.1, 0.15) is 13.2 Å². The molecule has 0 saturated carbocycles. The van der Waals surface area contributed by atoms with Gasteiger partial charge in [-0.15, -0.1) is 5.73 Å². The van der Waals surface area contributed by atoms with Gasteiger partial charge < -0.3 is 9.47 Å². The second-order valence-electron chi connectivity index (χ2n) is 2.26. The summed E-state index contributed by atoms with van der Waals surface area (Å²) in [6.45, 7) is 5.27. The summed E-state index contributed by atoms with van der Waals surface area (Å²) in [4.78, 5) is 0. The summed E-state index contributed by atoms with van der Waals surface area (Å²) in [5, 5.41) is 0. The minimum Gasteiger partial charge on any atom is -0.486 e. The Balaban J connectivity index is 0.000000396. The summed E-state index contributed by atoms with van der Waals surface area (Å²) in [6.07, 6.45) is 7.37. The van der Waals surface area contributed by atoms with E-state index in [1.54, 1.807) is 6.08 Å².